The molecular weight excluding hydrogens is 461 g/mol. The summed E-state index contributed by atoms with van der Waals surface area (Å²) in [5.74, 6) is -3.74. The summed E-state index contributed by atoms with van der Waals surface area (Å²) < 4.78 is 13.5. The van der Waals surface area contributed by atoms with Gasteiger partial charge in [0.05, 0.1) is 29.8 Å². The van der Waals surface area contributed by atoms with E-state index in [0.29, 0.717) is 11.3 Å². The molecule has 3 aliphatic rings. The third-order valence-corrected chi connectivity index (χ3v) is 7.22. The van der Waals surface area contributed by atoms with E-state index in [2.05, 4.69) is 5.10 Å². The molecule has 0 saturated carbocycles. The van der Waals surface area contributed by atoms with Gasteiger partial charge in [-0.1, -0.05) is 24.3 Å². The first-order valence-electron chi connectivity index (χ1n) is 11.6. The van der Waals surface area contributed by atoms with Crippen molar-refractivity contribution in [2.45, 2.75) is 19.0 Å². The Morgan fingerprint density at radius 1 is 0.833 bits per heavy atom. The van der Waals surface area contributed by atoms with E-state index < -0.39 is 47.3 Å². The van der Waals surface area contributed by atoms with Gasteiger partial charge in [0.15, 0.2) is 11.6 Å². The molecular formula is C28H20FN3O4. The van der Waals surface area contributed by atoms with Gasteiger partial charge in [0.25, 0.3) is 0 Å². The highest BCUT2D eigenvalue weighted by molar-refractivity contribution is 6.24. The van der Waals surface area contributed by atoms with Crippen LogP contribution in [0.15, 0.2) is 77.9 Å². The second-order valence-electron chi connectivity index (χ2n) is 9.18. The zero-order valence-electron chi connectivity index (χ0n) is 19.2. The first-order chi connectivity index (χ1) is 17.4. The number of nitrogens with zero attached hydrogens (tertiary/aromatic N) is 3. The van der Waals surface area contributed by atoms with Gasteiger partial charge in [0.2, 0.25) is 11.8 Å². The molecule has 4 unspecified atom stereocenters. The fourth-order valence-corrected chi connectivity index (χ4v) is 5.55. The fraction of sp³-hybridized carbons (Fsp3) is 0.179. The Morgan fingerprint density at radius 2 is 1.47 bits per heavy atom. The van der Waals surface area contributed by atoms with Crippen LogP contribution in [-0.2, 0) is 9.59 Å². The van der Waals surface area contributed by atoms with Gasteiger partial charge in [0.1, 0.15) is 11.9 Å². The van der Waals surface area contributed by atoms with Gasteiger partial charge in [-0.25, -0.2) is 9.29 Å². The zero-order valence-corrected chi connectivity index (χ0v) is 19.2. The van der Waals surface area contributed by atoms with E-state index >= 15 is 0 Å². The van der Waals surface area contributed by atoms with E-state index in [4.69, 9.17) is 0 Å². The van der Waals surface area contributed by atoms with Crippen molar-refractivity contribution in [1.29, 1.82) is 0 Å². The number of halogens is 1. The molecule has 2 saturated heterocycles. The molecule has 6 rings (SSSR count). The molecule has 2 amide bonds. The van der Waals surface area contributed by atoms with Crippen LogP contribution in [-0.4, -0.2) is 40.6 Å². The lowest BCUT2D eigenvalue weighted by atomic mass is 9.83. The molecule has 0 N–H and O–H groups in total. The molecule has 0 bridgehead atoms. The number of fused-ring (bicyclic) bond motifs is 5. The lowest BCUT2D eigenvalue weighted by Gasteiger charge is -2.33. The summed E-state index contributed by atoms with van der Waals surface area (Å²) in [6.07, 6.45) is 1.63. The van der Waals surface area contributed by atoms with Crippen LogP contribution in [0.1, 0.15) is 44.8 Å². The predicted molar refractivity (Wildman–Crippen MR) is 129 cm³/mol. The Kier molecular flexibility index (Phi) is 4.93. The Balaban J connectivity index is 1.47. The number of benzene rings is 3. The summed E-state index contributed by atoms with van der Waals surface area (Å²) in [5.41, 5.74) is 2.67. The van der Waals surface area contributed by atoms with Crippen LogP contribution in [0.25, 0.3) is 0 Å². The monoisotopic (exact) mass is 481 g/mol. The number of rotatable bonds is 4. The van der Waals surface area contributed by atoms with Crippen LogP contribution in [0.2, 0.25) is 0 Å². The topological polar surface area (TPSA) is 87.1 Å². The second-order valence-corrected chi connectivity index (χ2v) is 9.18. The number of carbonyl (C=O) groups is 4. The van der Waals surface area contributed by atoms with E-state index in [0.717, 1.165) is 16.0 Å². The number of hydrazone groups is 1. The quantitative estimate of drug-likeness (QED) is 0.418. The number of anilines is 1. The molecule has 0 spiro atoms. The number of hydrogen-bond acceptors (Lipinski definition) is 6. The van der Waals surface area contributed by atoms with E-state index in [1.807, 2.05) is 24.3 Å². The van der Waals surface area contributed by atoms with Gasteiger partial charge in [-0.05, 0) is 66.6 Å². The minimum absolute atomic E-state index is 0.130. The highest BCUT2D eigenvalue weighted by atomic mass is 19.1. The van der Waals surface area contributed by atoms with Crippen molar-refractivity contribution in [3.8, 4) is 0 Å². The van der Waals surface area contributed by atoms with Crippen molar-refractivity contribution in [2.75, 3.05) is 4.90 Å². The van der Waals surface area contributed by atoms with Gasteiger partial charge in [-0.2, -0.15) is 5.10 Å². The van der Waals surface area contributed by atoms with Crippen LogP contribution >= 0.6 is 0 Å². The normalized spacial score (nSPS) is 23.9. The fourth-order valence-electron chi connectivity index (χ4n) is 5.55. The molecule has 8 heteroatoms. The number of Topliss-reactive ketones (excluding diaryl/α,β-unsaturated/α-hetero) is 2. The Morgan fingerprint density at radius 3 is 2.17 bits per heavy atom. The molecule has 36 heavy (non-hydrogen) atoms. The van der Waals surface area contributed by atoms with Gasteiger partial charge < -0.3 is 0 Å². The molecule has 178 valence electrons. The third-order valence-electron chi connectivity index (χ3n) is 7.22. The molecule has 0 aliphatic carbocycles. The average Bonchev–Trinajstić information content (AvgIpc) is 3.36. The molecule has 7 nitrogen and oxygen atoms in total. The molecule has 0 aromatic heterocycles. The van der Waals surface area contributed by atoms with Gasteiger partial charge in [-0.15, -0.1) is 0 Å². The lowest BCUT2D eigenvalue weighted by molar-refractivity contribution is -0.124. The van der Waals surface area contributed by atoms with Crippen molar-refractivity contribution in [1.82, 2.24) is 5.01 Å². The average molecular weight is 481 g/mol. The summed E-state index contributed by atoms with van der Waals surface area (Å²) in [6.45, 7) is 1.44. The molecule has 3 aliphatic heterocycles. The van der Waals surface area contributed by atoms with Crippen molar-refractivity contribution < 1.29 is 23.6 Å². The number of carbonyl (C=O) groups excluding carboxylic acids is 4. The zero-order chi connectivity index (χ0) is 25.1. The first-order valence-corrected chi connectivity index (χ1v) is 11.6. The Labute approximate surface area is 205 Å². The van der Waals surface area contributed by atoms with Crippen LogP contribution in [0.4, 0.5) is 10.1 Å². The largest absolute Gasteiger partial charge is 0.295 e. The summed E-state index contributed by atoms with van der Waals surface area (Å²) in [7, 11) is 0. The molecule has 3 heterocycles. The predicted octanol–water partition coefficient (Wildman–Crippen LogP) is 3.79. The van der Waals surface area contributed by atoms with Crippen molar-refractivity contribution in [3.63, 3.8) is 0 Å². The standard InChI is InChI=1S/C28H20FN3O4/c1-15(33)16-8-12-20(13-9-16)31-27(35)22-23(28(31)36)25(26(34)17-6-10-19(29)11-7-17)32-24(22)21-5-3-2-4-18(21)14-30-32/h2-14,22-25H,1H3. The van der Waals surface area contributed by atoms with E-state index in [1.165, 1.54) is 31.2 Å². The number of amides is 2. The maximum absolute atomic E-state index is 13.8. The molecule has 3 aromatic rings. The minimum Gasteiger partial charge on any atom is -0.295 e. The third kappa shape index (κ3) is 3.14. The number of hydrogen-bond donors (Lipinski definition) is 0. The van der Waals surface area contributed by atoms with Crippen molar-refractivity contribution in [2.24, 2.45) is 16.9 Å². The summed E-state index contributed by atoms with van der Waals surface area (Å²) >= 11 is 0. The van der Waals surface area contributed by atoms with Crippen LogP contribution in [0.5, 0.6) is 0 Å². The molecule has 3 aromatic carbocycles. The van der Waals surface area contributed by atoms with E-state index in [9.17, 15) is 23.6 Å². The summed E-state index contributed by atoms with van der Waals surface area (Å²) in [6, 6.07) is 17.2. The van der Waals surface area contributed by atoms with Crippen LogP contribution in [0, 0.1) is 17.7 Å². The maximum Gasteiger partial charge on any atom is 0.240 e. The highest BCUT2D eigenvalue weighted by Gasteiger charge is 2.65. The minimum atomic E-state index is -1.03. The van der Waals surface area contributed by atoms with E-state index in [1.54, 1.807) is 35.5 Å². The van der Waals surface area contributed by atoms with Gasteiger partial charge in [-0.3, -0.25) is 24.2 Å². The Hall–Kier alpha value is -4.46. The molecule has 2 fully saturated rings. The number of ketones is 2. The van der Waals surface area contributed by atoms with Crippen LogP contribution in [0.3, 0.4) is 0 Å². The summed E-state index contributed by atoms with van der Waals surface area (Å²) in [4.78, 5) is 54.2. The number of imide groups is 1. The lowest BCUT2D eigenvalue weighted by Crippen LogP contribution is -2.44. The maximum atomic E-state index is 13.8. The van der Waals surface area contributed by atoms with E-state index in [-0.39, 0.29) is 11.3 Å². The first kappa shape index (κ1) is 22.0. The summed E-state index contributed by atoms with van der Waals surface area (Å²) in [5, 5.41) is 6.08. The molecule has 4 atom stereocenters. The SMILES string of the molecule is CC(=O)c1ccc(N2C(=O)C3C(C2=O)C2c4ccccc4C=NN2C3C(=O)c2ccc(F)cc2)cc1. The Bertz CT molecular complexity index is 1460. The van der Waals surface area contributed by atoms with Gasteiger partial charge >= 0.3 is 0 Å². The van der Waals surface area contributed by atoms with Crippen molar-refractivity contribution in [3.05, 3.63) is 101 Å². The van der Waals surface area contributed by atoms with Gasteiger partial charge in [0, 0.05) is 11.1 Å². The van der Waals surface area contributed by atoms with Crippen molar-refractivity contribution >= 4 is 35.3 Å². The molecule has 0 radical (unpaired) electrons. The smallest absolute Gasteiger partial charge is 0.240 e. The second kappa shape index (κ2) is 8.05. The highest BCUT2D eigenvalue weighted by Crippen LogP contribution is 2.53. The van der Waals surface area contributed by atoms with Crippen LogP contribution < -0.4 is 4.90 Å².